The molecule has 1 aliphatic carbocycles. The zero-order valence-electron chi connectivity index (χ0n) is 11.2. The van der Waals surface area contributed by atoms with Gasteiger partial charge in [-0.3, -0.25) is 4.79 Å². The minimum atomic E-state index is -0.689. The second-order valence-electron chi connectivity index (χ2n) is 4.80. The Hall–Kier alpha value is -1.95. The molecule has 1 aromatic rings. The molecule has 108 valence electrons. The van der Waals surface area contributed by atoms with Crippen molar-refractivity contribution in [3.63, 3.8) is 0 Å². The molecule has 0 unspecified atom stereocenters. The first-order chi connectivity index (χ1) is 9.60. The van der Waals surface area contributed by atoms with Gasteiger partial charge in [0.15, 0.2) is 0 Å². The molecule has 0 bridgehead atoms. The fraction of sp³-hybridized carbons (Fsp3) is 0.429. The van der Waals surface area contributed by atoms with E-state index in [4.69, 9.17) is 0 Å². The summed E-state index contributed by atoms with van der Waals surface area (Å²) in [5.74, 6) is -0.845. The van der Waals surface area contributed by atoms with Gasteiger partial charge in [-0.2, -0.15) is 0 Å². The third-order valence-corrected chi connectivity index (χ3v) is 3.08. The van der Waals surface area contributed by atoms with E-state index >= 15 is 0 Å². The van der Waals surface area contributed by atoms with Crippen molar-refractivity contribution in [2.75, 3.05) is 25.5 Å². The molecule has 2 rings (SSSR count). The van der Waals surface area contributed by atoms with Crippen LogP contribution in [0.5, 0.6) is 0 Å². The molecule has 1 aliphatic rings. The van der Waals surface area contributed by atoms with Crippen molar-refractivity contribution in [3.8, 4) is 0 Å². The van der Waals surface area contributed by atoms with Crippen molar-refractivity contribution in [2.45, 2.75) is 12.8 Å². The summed E-state index contributed by atoms with van der Waals surface area (Å²) >= 11 is 0. The number of methoxy groups -OCH3 is 1. The molecule has 1 aromatic carbocycles. The Morgan fingerprint density at radius 3 is 2.80 bits per heavy atom. The molecule has 2 N–H and O–H groups in total. The Balaban J connectivity index is 1.96. The molecule has 0 saturated heterocycles. The molecular formula is C14H17FN2O3. The highest BCUT2D eigenvalue weighted by Gasteiger charge is 2.21. The molecule has 1 amide bonds. The smallest absolute Gasteiger partial charge is 0.340 e. The van der Waals surface area contributed by atoms with Crippen molar-refractivity contribution in [1.82, 2.24) is 5.32 Å². The summed E-state index contributed by atoms with van der Waals surface area (Å²) in [7, 11) is 1.20. The van der Waals surface area contributed by atoms with Gasteiger partial charge in [-0.15, -0.1) is 0 Å². The molecule has 1 fully saturated rings. The van der Waals surface area contributed by atoms with E-state index < -0.39 is 11.8 Å². The van der Waals surface area contributed by atoms with Crippen LogP contribution in [0.4, 0.5) is 10.1 Å². The number of carbonyl (C=O) groups is 2. The van der Waals surface area contributed by atoms with Gasteiger partial charge in [0, 0.05) is 0 Å². The quantitative estimate of drug-likeness (QED) is 0.776. The van der Waals surface area contributed by atoms with Crippen molar-refractivity contribution >= 4 is 17.6 Å². The average Bonchev–Trinajstić information content (AvgIpc) is 3.24. The van der Waals surface area contributed by atoms with Gasteiger partial charge in [-0.05, 0) is 43.5 Å². The van der Waals surface area contributed by atoms with E-state index in [-0.39, 0.29) is 23.7 Å². The summed E-state index contributed by atoms with van der Waals surface area (Å²) in [6.07, 6.45) is 2.41. The van der Waals surface area contributed by atoms with Crippen LogP contribution >= 0.6 is 0 Å². The Morgan fingerprint density at radius 2 is 2.15 bits per heavy atom. The normalized spacial score (nSPS) is 13.9. The summed E-state index contributed by atoms with van der Waals surface area (Å²) in [6, 6.07) is 3.57. The minimum absolute atomic E-state index is 0.00282. The van der Waals surface area contributed by atoms with E-state index in [0.29, 0.717) is 5.92 Å². The summed E-state index contributed by atoms with van der Waals surface area (Å²) in [5.41, 5.74) is 0.250. The van der Waals surface area contributed by atoms with E-state index in [9.17, 15) is 14.0 Å². The molecule has 0 atom stereocenters. The van der Waals surface area contributed by atoms with Gasteiger partial charge in [0.05, 0.1) is 24.9 Å². The maximum absolute atomic E-state index is 13.1. The monoisotopic (exact) mass is 280 g/mol. The van der Waals surface area contributed by atoms with Crippen molar-refractivity contribution in [3.05, 3.63) is 29.6 Å². The van der Waals surface area contributed by atoms with Gasteiger partial charge in [-0.1, -0.05) is 0 Å². The van der Waals surface area contributed by atoms with Crippen LogP contribution in [0.3, 0.4) is 0 Å². The van der Waals surface area contributed by atoms with Crippen LogP contribution in [0.15, 0.2) is 18.2 Å². The molecule has 20 heavy (non-hydrogen) atoms. The van der Waals surface area contributed by atoms with E-state index in [2.05, 4.69) is 15.4 Å². The Bertz CT molecular complexity index is 515. The van der Waals surface area contributed by atoms with Crippen LogP contribution in [0.1, 0.15) is 23.2 Å². The van der Waals surface area contributed by atoms with E-state index in [1.807, 2.05) is 0 Å². The Morgan fingerprint density at radius 1 is 1.40 bits per heavy atom. The van der Waals surface area contributed by atoms with Crippen LogP contribution in [0.25, 0.3) is 0 Å². The lowest BCUT2D eigenvalue weighted by molar-refractivity contribution is -0.115. The lowest BCUT2D eigenvalue weighted by atomic mass is 10.1. The summed E-state index contributed by atoms with van der Waals surface area (Å²) < 4.78 is 17.7. The highest BCUT2D eigenvalue weighted by molar-refractivity contribution is 6.01. The van der Waals surface area contributed by atoms with Crippen LogP contribution in [-0.2, 0) is 9.53 Å². The number of hydrogen-bond donors (Lipinski definition) is 2. The second kappa shape index (κ2) is 6.47. The Labute approximate surface area is 116 Å². The first-order valence-electron chi connectivity index (χ1n) is 6.48. The average molecular weight is 280 g/mol. The van der Waals surface area contributed by atoms with Gasteiger partial charge >= 0.3 is 5.97 Å². The van der Waals surface area contributed by atoms with Crippen LogP contribution in [-0.4, -0.2) is 32.1 Å². The standard InChI is InChI=1S/C14H17FN2O3/c1-20-14(19)11-6-10(15)4-5-12(11)17-13(18)8-16-7-9-2-3-9/h4-6,9,16H,2-3,7-8H2,1H3,(H,17,18). The number of amides is 1. The maximum Gasteiger partial charge on any atom is 0.340 e. The van der Waals surface area contributed by atoms with Gasteiger partial charge in [0.25, 0.3) is 0 Å². The number of halogens is 1. The number of nitrogens with one attached hydrogen (secondary N) is 2. The van der Waals surface area contributed by atoms with Gasteiger partial charge in [0.2, 0.25) is 5.91 Å². The van der Waals surface area contributed by atoms with Gasteiger partial charge in [0.1, 0.15) is 5.82 Å². The van der Waals surface area contributed by atoms with Crippen LogP contribution in [0, 0.1) is 11.7 Å². The molecule has 1 saturated carbocycles. The third-order valence-electron chi connectivity index (χ3n) is 3.08. The number of carbonyl (C=O) groups excluding carboxylic acids is 2. The SMILES string of the molecule is COC(=O)c1cc(F)ccc1NC(=O)CNCC1CC1. The molecule has 0 spiro atoms. The first kappa shape index (κ1) is 14.5. The van der Waals surface area contributed by atoms with E-state index in [0.717, 1.165) is 12.6 Å². The highest BCUT2D eigenvalue weighted by Crippen LogP contribution is 2.27. The molecular weight excluding hydrogens is 263 g/mol. The second-order valence-corrected chi connectivity index (χ2v) is 4.80. The minimum Gasteiger partial charge on any atom is -0.465 e. The number of esters is 1. The van der Waals surface area contributed by atoms with E-state index in [1.54, 1.807) is 0 Å². The summed E-state index contributed by atoms with van der Waals surface area (Å²) in [4.78, 5) is 23.3. The molecule has 6 heteroatoms. The van der Waals surface area contributed by atoms with Crippen molar-refractivity contribution in [1.29, 1.82) is 0 Å². The fourth-order valence-corrected chi connectivity index (χ4v) is 1.81. The number of hydrogen-bond acceptors (Lipinski definition) is 4. The lowest BCUT2D eigenvalue weighted by Crippen LogP contribution is -2.30. The molecule has 0 aromatic heterocycles. The maximum atomic E-state index is 13.1. The number of ether oxygens (including phenoxy) is 1. The predicted octanol–water partition coefficient (Wildman–Crippen LogP) is 1.55. The number of rotatable bonds is 6. The fourth-order valence-electron chi connectivity index (χ4n) is 1.81. The van der Waals surface area contributed by atoms with Crippen molar-refractivity contribution in [2.24, 2.45) is 5.92 Å². The van der Waals surface area contributed by atoms with Gasteiger partial charge in [-0.25, -0.2) is 9.18 Å². The van der Waals surface area contributed by atoms with Crippen LogP contribution < -0.4 is 10.6 Å². The van der Waals surface area contributed by atoms with Gasteiger partial charge < -0.3 is 15.4 Å². The summed E-state index contributed by atoms with van der Waals surface area (Å²) in [6.45, 7) is 0.981. The summed E-state index contributed by atoms with van der Waals surface area (Å²) in [5, 5.41) is 5.62. The Kier molecular flexibility index (Phi) is 4.68. The largest absolute Gasteiger partial charge is 0.465 e. The molecule has 5 nitrogen and oxygen atoms in total. The lowest BCUT2D eigenvalue weighted by Gasteiger charge is -2.10. The van der Waals surface area contributed by atoms with E-state index in [1.165, 1.54) is 32.1 Å². The molecule has 0 heterocycles. The zero-order chi connectivity index (χ0) is 14.5. The highest BCUT2D eigenvalue weighted by atomic mass is 19.1. The first-order valence-corrected chi connectivity index (χ1v) is 6.48. The number of anilines is 1. The molecule has 0 radical (unpaired) electrons. The topological polar surface area (TPSA) is 67.4 Å². The predicted molar refractivity (Wildman–Crippen MR) is 72.0 cm³/mol. The van der Waals surface area contributed by atoms with Crippen LogP contribution in [0.2, 0.25) is 0 Å². The molecule has 0 aliphatic heterocycles. The van der Waals surface area contributed by atoms with Crippen molar-refractivity contribution < 1.29 is 18.7 Å². The third kappa shape index (κ3) is 4.03. The zero-order valence-corrected chi connectivity index (χ0v) is 11.2. The number of benzene rings is 1.